The highest BCUT2D eigenvalue weighted by Gasteiger charge is 2.40. The fourth-order valence-electron chi connectivity index (χ4n) is 1.48. The lowest BCUT2D eigenvalue weighted by atomic mass is 9.91. The SMILES string of the molecule is CC(Cl)C(=O)NC1(C(N)=O)CCCOC1. The normalized spacial score (nSPS) is 28.1. The Hall–Kier alpha value is -0.810. The average molecular weight is 235 g/mol. The third kappa shape index (κ3) is 2.82. The summed E-state index contributed by atoms with van der Waals surface area (Å²) in [6, 6.07) is 0. The number of nitrogens with one attached hydrogen (secondary N) is 1. The standard InChI is InChI=1S/C9H15ClN2O3/c1-6(10)7(13)12-9(8(11)14)3-2-4-15-5-9/h6H,2-5H2,1H3,(H2,11,14)(H,12,13). The van der Waals surface area contributed by atoms with Gasteiger partial charge in [0.15, 0.2) is 0 Å². The van der Waals surface area contributed by atoms with E-state index in [1.165, 1.54) is 6.92 Å². The van der Waals surface area contributed by atoms with Crippen LogP contribution in [-0.4, -0.2) is 35.9 Å². The van der Waals surface area contributed by atoms with Crippen molar-refractivity contribution in [1.29, 1.82) is 0 Å². The fraction of sp³-hybridized carbons (Fsp3) is 0.778. The Bertz CT molecular complexity index is 262. The molecule has 1 heterocycles. The summed E-state index contributed by atoms with van der Waals surface area (Å²) in [5.41, 5.74) is 4.19. The Labute approximate surface area is 93.3 Å². The first-order valence-electron chi connectivity index (χ1n) is 4.82. The number of primary amides is 1. The summed E-state index contributed by atoms with van der Waals surface area (Å²) in [5, 5.41) is 1.87. The molecule has 0 saturated carbocycles. The molecule has 86 valence electrons. The van der Waals surface area contributed by atoms with Crippen molar-refractivity contribution in [2.45, 2.75) is 30.7 Å². The van der Waals surface area contributed by atoms with Gasteiger partial charge in [0, 0.05) is 6.61 Å². The Kier molecular flexibility index (Phi) is 3.93. The molecule has 15 heavy (non-hydrogen) atoms. The van der Waals surface area contributed by atoms with Crippen molar-refractivity contribution >= 4 is 23.4 Å². The van der Waals surface area contributed by atoms with Crippen LogP contribution < -0.4 is 11.1 Å². The van der Waals surface area contributed by atoms with Crippen molar-refractivity contribution in [3.8, 4) is 0 Å². The largest absolute Gasteiger partial charge is 0.378 e. The van der Waals surface area contributed by atoms with Gasteiger partial charge in [-0.3, -0.25) is 9.59 Å². The summed E-state index contributed by atoms with van der Waals surface area (Å²) >= 11 is 5.61. The third-order valence-corrected chi connectivity index (χ3v) is 2.63. The molecule has 2 atom stereocenters. The van der Waals surface area contributed by atoms with Gasteiger partial charge in [0.2, 0.25) is 11.8 Å². The first-order valence-corrected chi connectivity index (χ1v) is 5.25. The van der Waals surface area contributed by atoms with Crippen molar-refractivity contribution in [2.75, 3.05) is 13.2 Å². The maximum absolute atomic E-state index is 11.4. The predicted molar refractivity (Wildman–Crippen MR) is 55.4 cm³/mol. The number of carbonyl (C=O) groups excluding carboxylic acids is 2. The molecule has 0 aromatic rings. The Morgan fingerprint density at radius 3 is 2.67 bits per heavy atom. The number of nitrogens with two attached hydrogens (primary N) is 1. The van der Waals surface area contributed by atoms with E-state index in [1.807, 2.05) is 0 Å². The molecule has 0 aliphatic carbocycles. The zero-order chi connectivity index (χ0) is 11.5. The van der Waals surface area contributed by atoms with Crippen LogP contribution in [0.2, 0.25) is 0 Å². The van der Waals surface area contributed by atoms with Gasteiger partial charge in [0.1, 0.15) is 10.9 Å². The number of rotatable bonds is 3. The Morgan fingerprint density at radius 2 is 2.27 bits per heavy atom. The van der Waals surface area contributed by atoms with Gasteiger partial charge in [-0.15, -0.1) is 11.6 Å². The Balaban J connectivity index is 2.73. The monoisotopic (exact) mass is 234 g/mol. The molecule has 1 aliphatic rings. The van der Waals surface area contributed by atoms with E-state index in [0.29, 0.717) is 19.4 Å². The number of halogens is 1. The molecular formula is C9H15ClN2O3. The lowest BCUT2D eigenvalue weighted by Gasteiger charge is -2.35. The first-order chi connectivity index (χ1) is 6.98. The molecule has 0 aromatic carbocycles. The van der Waals surface area contributed by atoms with E-state index in [4.69, 9.17) is 22.1 Å². The smallest absolute Gasteiger partial charge is 0.245 e. The van der Waals surface area contributed by atoms with E-state index < -0.39 is 22.7 Å². The van der Waals surface area contributed by atoms with Gasteiger partial charge < -0.3 is 15.8 Å². The molecule has 1 aliphatic heterocycles. The van der Waals surface area contributed by atoms with Crippen LogP contribution in [0.3, 0.4) is 0 Å². The van der Waals surface area contributed by atoms with E-state index in [2.05, 4.69) is 5.32 Å². The maximum atomic E-state index is 11.4. The molecule has 1 fully saturated rings. The van der Waals surface area contributed by atoms with Crippen LogP contribution >= 0.6 is 11.6 Å². The molecule has 6 heteroatoms. The molecule has 1 saturated heterocycles. The predicted octanol–water partition coefficient (Wildman–Crippen LogP) is -0.236. The molecule has 0 aromatic heterocycles. The zero-order valence-electron chi connectivity index (χ0n) is 8.59. The summed E-state index contributed by atoms with van der Waals surface area (Å²) in [6.45, 7) is 2.24. The average Bonchev–Trinajstić information content (AvgIpc) is 2.18. The second kappa shape index (κ2) is 4.81. The maximum Gasteiger partial charge on any atom is 0.245 e. The summed E-state index contributed by atoms with van der Waals surface area (Å²) in [6.07, 6.45) is 1.19. The third-order valence-electron chi connectivity index (χ3n) is 2.44. The molecule has 2 amide bonds. The van der Waals surface area contributed by atoms with Gasteiger partial charge in [0.25, 0.3) is 0 Å². The summed E-state index contributed by atoms with van der Waals surface area (Å²) < 4.78 is 5.17. The lowest BCUT2D eigenvalue weighted by molar-refractivity contribution is -0.136. The van der Waals surface area contributed by atoms with Gasteiger partial charge in [-0.2, -0.15) is 0 Å². The highest BCUT2D eigenvalue weighted by Crippen LogP contribution is 2.19. The topological polar surface area (TPSA) is 81.4 Å². The van der Waals surface area contributed by atoms with Gasteiger partial charge in [-0.1, -0.05) is 0 Å². The van der Waals surface area contributed by atoms with Crippen LogP contribution in [0.15, 0.2) is 0 Å². The van der Waals surface area contributed by atoms with E-state index >= 15 is 0 Å². The van der Waals surface area contributed by atoms with E-state index in [-0.39, 0.29) is 6.61 Å². The number of alkyl halides is 1. The van der Waals surface area contributed by atoms with E-state index in [1.54, 1.807) is 0 Å². The van der Waals surface area contributed by atoms with Crippen LogP contribution in [0.25, 0.3) is 0 Å². The first kappa shape index (κ1) is 12.3. The summed E-state index contributed by atoms with van der Waals surface area (Å²) in [7, 11) is 0. The van der Waals surface area contributed by atoms with Crippen molar-refractivity contribution in [3.63, 3.8) is 0 Å². The van der Waals surface area contributed by atoms with Crippen molar-refractivity contribution < 1.29 is 14.3 Å². The number of carbonyl (C=O) groups is 2. The van der Waals surface area contributed by atoms with Gasteiger partial charge in [0.05, 0.1) is 6.61 Å². The molecule has 3 N–H and O–H groups in total. The van der Waals surface area contributed by atoms with Crippen LogP contribution in [0.1, 0.15) is 19.8 Å². The summed E-state index contributed by atoms with van der Waals surface area (Å²) in [5.74, 6) is -0.978. The highest BCUT2D eigenvalue weighted by molar-refractivity contribution is 6.30. The van der Waals surface area contributed by atoms with Crippen molar-refractivity contribution in [3.05, 3.63) is 0 Å². The van der Waals surface area contributed by atoms with Crippen LogP contribution in [-0.2, 0) is 14.3 Å². The molecule has 5 nitrogen and oxygen atoms in total. The van der Waals surface area contributed by atoms with Gasteiger partial charge in [-0.05, 0) is 19.8 Å². The van der Waals surface area contributed by atoms with Crippen LogP contribution in [0.5, 0.6) is 0 Å². The minimum absolute atomic E-state index is 0.123. The van der Waals surface area contributed by atoms with Gasteiger partial charge in [-0.25, -0.2) is 0 Å². The molecule has 0 bridgehead atoms. The Morgan fingerprint density at radius 1 is 1.60 bits per heavy atom. The number of hydrogen-bond donors (Lipinski definition) is 2. The second-order valence-electron chi connectivity index (χ2n) is 3.71. The quantitative estimate of drug-likeness (QED) is 0.662. The van der Waals surface area contributed by atoms with Gasteiger partial charge >= 0.3 is 0 Å². The fourth-order valence-corrected chi connectivity index (χ4v) is 1.54. The molecular weight excluding hydrogens is 220 g/mol. The molecule has 0 spiro atoms. The number of amides is 2. The van der Waals surface area contributed by atoms with Crippen molar-refractivity contribution in [2.24, 2.45) is 5.73 Å². The van der Waals surface area contributed by atoms with E-state index in [9.17, 15) is 9.59 Å². The minimum Gasteiger partial charge on any atom is -0.378 e. The summed E-state index contributed by atoms with van der Waals surface area (Å²) in [4.78, 5) is 22.7. The van der Waals surface area contributed by atoms with Crippen LogP contribution in [0.4, 0.5) is 0 Å². The lowest BCUT2D eigenvalue weighted by Crippen LogP contribution is -2.62. The van der Waals surface area contributed by atoms with Crippen molar-refractivity contribution in [1.82, 2.24) is 5.32 Å². The molecule has 1 rings (SSSR count). The second-order valence-corrected chi connectivity index (χ2v) is 4.36. The minimum atomic E-state index is -1.08. The van der Waals surface area contributed by atoms with Crippen LogP contribution in [0, 0.1) is 0 Å². The van der Waals surface area contributed by atoms with E-state index in [0.717, 1.165) is 0 Å². The zero-order valence-corrected chi connectivity index (χ0v) is 9.34. The number of ether oxygens (including phenoxy) is 1. The molecule has 2 unspecified atom stereocenters. The highest BCUT2D eigenvalue weighted by atomic mass is 35.5. The number of hydrogen-bond acceptors (Lipinski definition) is 3. The molecule has 0 radical (unpaired) electrons.